The smallest absolute Gasteiger partial charge is 0.240 e. The molecular weight excluding hydrogens is 408 g/mol. The van der Waals surface area contributed by atoms with Gasteiger partial charge in [-0.1, -0.05) is 24.3 Å². The summed E-state index contributed by atoms with van der Waals surface area (Å²) in [5.74, 6) is -2.52. The van der Waals surface area contributed by atoms with Gasteiger partial charge in [0.2, 0.25) is 11.8 Å². The first-order chi connectivity index (χ1) is 15.5. The molecule has 0 unspecified atom stereocenters. The molecule has 3 heterocycles. The largest absolute Gasteiger partial charge is 0.494 e. The first-order valence-corrected chi connectivity index (χ1v) is 11.1. The summed E-state index contributed by atoms with van der Waals surface area (Å²) >= 11 is 0. The fraction of sp³-hybridized carbons (Fsp3) is 0.360. The lowest BCUT2D eigenvalue weighted by atomic mass is 9.76. The summed E-state index contributed by atoms with van der Waals surface area (Å²) in [6, 6.07) is 13.2. The molecule has 6 rings (SSSR count). The minimum absolute atomic E-state index is 0.286. The predicted molar refractivity (Wildman–Crippen MR) is 115 cm³/mol. The molecule has 162 valence electrons. The van der Waals surface area contributed by atoms with Gasteiger partial charge >= 0.3 is 0 Å². The molecule has 4 aliphatic rings. The number of nitrogens with zero attached hydrogens (tertiary/aromatic N) is 2. The molecule has 0 bridgehead atoms. The Hall–Kier alpha value is -3.32. The van der Waals surface area contributed by atoms with E-state index < -0.39 is 23.3 Å². The Morgan fingerprint density at radius 3 is 2.22 bits per heavy atom. The van der Waals surface area contributed by atoms with Gasteiger partial charge in [0, 0.05) is 17.2 Å². The minimum Gasteiger partial charge on any atom is -0.494 e. The van der Waals surface area contributed by atoms with Gasteiger partial charge in [-0.25, -0.2) is 4.90 Å². The molecule has 2 amide bonds. The Bertz CT molecular complexity index is 1150. The number of benzene rings is 2. The van der Waals surface area contributed by atoms with Crippen LogP contribution >= 0.6 is 0 Å². The molecule has 3 saturated heterocycles. The number of imide groups is 1. The monoisotopic (exact) mass is 430 g/mol. The van der Waals surface area contributed by atoms with Gasteiger partial charge in [-0.05, 0) is 50.6 Å². The fourth-order valence-corrected chi connectivity index (χ4v) is 6.35. The molecule has 0 N–H and O–H groups in total. The second-order valence-corrected chi connectivity index (χ2v) is 8.82. The molecule has 7 heteroatoms. The Morgan fingerprint density at radius 1 is 0.938 bits per heavy atom. The molecule has 3 atom stereocenters. The molecule has 32 heavy (non-hydrogen) atoms. The Morgan fingerprint density at radius 2 is 1.59 bits per heavy atom. The summed E-state index contributed by atoms with van der Waals surface area (Å²) in [6.45, 7) is 2.92. The SMILES string of the molecule is CCOc1ccc(N2C(=O)[C@@H]3[C@@H]4CCCN4C4(C(=O)c5ccccc5C4=O)[C@H]3C2=O)cc1. The van der Waals surface area contributed by atoms with Crippen molar-refractivity contribution < 1.29 is 23.9 Å². The highest BCUT2D eigenvalue weighted by Crippen LogP contribution is 2.57. The van der Waals surface area contributed by atoms with E-state index in [-0.39, 0.29) is 23.5 Å². The van der Waals surface area contributed by atoms with Gasteiger partial charge in [-0.15, -0.1) is 0 Å². The first kappa shape index (κ1) is 19.4. The van der Waals surface area contributed by atoms with Crippen molar-refractivity contribution >= 4 is 29.1 Å². The maximum Gasteiger partial charge on any atom is 0.240 e. The van der Waals surface area contributed by atoms with Gasteiger partial charge in [-0.2, -0.15) is 0 Å². The molecular formula is C25H22N2O5. The average molecular weight is 430 g/mol. The quantitative estimate of drug-likeness (QED) is 0.550. The van der Waals surface area contributed by atoms with Crippen LogP contribution in [0.3, 0.4) is 0 Å². The normalized spacial score (nSPS) is 27.9. The van der Waals surface area contributed by atoms with Crippen LogP contribution in [0, 0.1) is 11.8 Å². The predicted octanol–water partition coefficient (Wildman–Crippen LogP) is 2.49. The lowest BCUT2D eigenvalue weighted by Gasteiger charge is -2.35. The van der Waals surface area contributed by atoms with Gasteiger partial charge in [0.05, 0.1) is 24.1 Å². The van der Waals surface area contributed by atoms with Crippen molar-refractivity contribution in [2.24, 2.45) is 11.8 Å². The molecule has 3 fully saturated rings. The molecule has 0 aromatic heterocycles. The van der Waals surface area contributed by atoms with Crippen molar-refractivity contribution in [1.82, 2.24) is 4.90 Å². The van der Waals surface area contributed by atoms with Crippen LogP contribution in [0.15, 0.2) is 48.5 Å². The van der Waals surface area contributed by atoms with Gasteiger partial charge in [0.15, 0.2) is 17.1 Å². The van der Waals surface area contributed by atoms with Gasteiger partial charge in [-0.3, -0.25) is 24.1 Å². The van der Waals surface area contributed by atoms with Crippen molar-refractivity contribution in [3.63, 3.8) is 0 Å². The number of carbonyl (C=O) groups excluding carboxylic acids is 4. The number of ketones is 2. The van der Waals surface area contributed by atoms with Crippen LogP contribution in [-0.4, -0.2) is 53.0 Å². The molecule has 1 spiro atoms. The van der Waals surface area contributed by atoms with Crippen molar-refractivity contribution in [1.29, 1.82) is 0 Å². The minimum atomic E-state index is -1.61. The maximum absolute atomic E-state index is 13.8. The Kier molecular flexibility index (Phi) is 3.99. The van der Waals surface area contributed by atoms with E-state index in [9.17, 15) is 19.2 Å². The number of anilines is 1. The van der Waals surface area contributed by atoms with Crippen molar-refractivity contribution in [3.05, 3.63) is 59.7 Å². The van der Waals surface area contributed by atoms with E-state index in [1.54, 1.807) is 48.5 Å². The highest BCUT2D eigenvalue weighted by molar-refractivity contribution is 6.37. The average Bonchev–Trinajstić information content (AvgIpc) is 3.50. The highest BCUT2D eigenvalue weighted by Gasteiger charge is 2.76. The lowest BCUT2D eigenvalue weighted by molar-refractivity contribution is -0.124. The second-order valence-electron chi connectivity index (χ2n) is 8.82. The number of hydrogen-bond donors (Lipinski definition) is 0. The number of fused-ring (bicyclic) bond motifs is 6. The topological polar surface area (TPSA) is 84.0 Å². The van der Waals surface area contributed by atoms with E-state index in [1.807, 2.05) is 11.8 Å². The molecule has 2 aromatic carbocycles. The summed E-state index contributed by atoms with van der Waals surface area (Å²) in [4.78, 5) is 58.0. The van der Waals surface area contributed by atoms with Crippen LogP contribution in [0.4, 0.5) is 5.69 Å². The van der Waals surface area contributed by atoms with Crippen LogP contribution in [0.25, 0.3) is 0 Å². The van der Waals surface area contributed by atoms with E-state index >= 15 is 0 Å². The maximum atomic E-state index is 13.8. The summed E-state index contributed by atoms with van der Waals surface area (Å²) in [6.07, 6.45) is 1.48. The van der Waals surface area contributed by atoms with Gasteiger partial charge in [0.1, 0.15) is 5.75 Å². The number of rotatable bonds is 3. The van der Waals surface area contributed by atoms with Gasteiger partial charge in [0.25, 0.3) is 0 Å². The number of hydrogen-bond acceptors (Lipinski definition) is 6. The molecule has 7 nitrogen and oxygen atoms in total. The van der Waals surface area contributed by atoms with Gasteiger partial charge < -0.3 is 4.74 Å². The molecule has 0 radical (unpaired) electrons. The van der Waals surface area contributed by atoms with E-state index in [4.69, 9.17) is 4.74 Å². The van der Waals surface area contributed by atoms with Crippen LogP contribution in [-0.2, 0) is 9.59 Å². The van der Waals surface area contributed by atoms with Crippen molar-refractivity contribution in [3.8, 4) is 5.75 Å². The zero-order valence-electron chi connectivity index (χ0n) is 17.6. The summed E-state index contributed by atoms with van der Waals surface area (Å²) in [5.41, 5.74) is -0.470. The molecule has 3 aliphatic heterocycles. The van der Waals surface area contributed by atoms with E-state index in [0.717, 1.165) is 6.42 Å². The molecule has 0 saturated carbocycles. The number of carbonyl (C=O) groups is 4. The number of Topliss-reactive ketones (excluding diaryl/α,β-unsaturated/α-hetero) is 2. The third-order valence-electron chi connectivity index (χ3n) is 7.48. The van der Waals surface area contributed by atoms with E-state index in [1.165, 1.54) is 4.90 Å². The highest BCUT2D eigenvalue weighted by atomic mass is 16.5. The van der Waals surface area contributed by atoms with Crippen LogP contribution in [0.1, 0.15) is 40.5 Å². The molecule has 1 aliphatic carbocycles. The third-order valence-corrected chi connectivity index (χ3v) is 7.48. The first-order valence-electron chi connectivity index (χ1n) is 11.1. The Labute approximate surface area is 184 Å². The standard InChI is InChI=1S/C25H22N2O5/c1-2-32-15-11-9-14(10-12-15)27-23(30)19-18-8-5-13-26(18)25(20(19)24(27)31)21(28)16-6-3-4-7-17(16)22(25)29/h3-4,6-7,9-12,18-20H,2,5,8,13H2,1H3/t18-,19+,20+/m0/s1. The van der Waals surface area contributed by atoms with E-state index in [2.05, 4.69) is 0 Å². The van der Waals surface area contributed by atoms with E-state index in [0.29, 0.717) is 42.1 Å². The van der Waals surface area contributed by atoms with Crippen LogP contribution < -0.4 is 9.64 Å². The van der Waals surface area contributed by atoms with Crippen molar-refractivity contribution in [2.75, 3.05) is 18.1 Å². The summed E-state index contributed by atoms with van der Waals surface area (Å²) in [7, 11) is 0. The third kappa shape index (κ3) is 2.14. The Balaban J connectivity index is 1.48. The second kappa shape index (κ2) is 6.59. The molecule has 2 aromatic rings. The number of amides is 2. The van der Waals surface area contributed by atoms with Crippen LogP contribution in [0.2, 0.25) is 0 Å². The zero-order valence-corrected chi connectivity index (χ0v) is 17.6. The fourth-order valence-electron chi connectivity index (χ4n) is 6.35. The zero-order chi connectivity index (χ0) is 22.2. The lowest BCUT2D eigenvalue weighted by Crippen LogP contribution is -2.59. The van der Waals surface area contributed by atoms with Crippen LogP contribution in [0.5, 0.6) is 5.75 Å². The summed E-state index contributed by atoms with van der Waals surface area (Å²) in [5, 5.41) is 0. The van der Waals surface area contributed by atoms with Crippen molar-refractivity contribution in [2.45, 2.75) is 31.3 Å². The number of ether oxygens (including phenoxy) is 1. The summed E-state index contributed by atoms with van der Waals surface area (Å²) < 4.78 is 5.46.